The van der Waals surface area contributed by atoms with Crippen LogP contribution < -0.4 is 5.32 Å². The van der Waals surface area contributed by atoms with E-state index in [1.165, 1.54) is 28.4 Å². The van der Waals surface area contributed by atoms with Crippen molar-refractivity contribution in [3.8, 4) is 0 Å². The van der Waals surface area contributed by atoms with Crippen molar-refractivity contribution in [3.05, 3.63) is 73.7 Å². The summed E-state index contributed by atoms with van der Waals surface area (Å²) < 4.78 is 11.4. The number of nitro groups is 1. The summed E-state index contributed by atoms with van der Waals surface area (Å²) >= 11 is 3.05. The molecule has 232 valence electrons. The van der Waals surface area contributed by atoms with Crippen LogP contribution in [-0.2, 0) is 36.9 Å². The number of thiophene rings is 1. The molecule has 4 aliphatic heterocycles. The fourth-order valence-corrected chi connectivity index (χ4v) is 9.19. The van der Waals surface area contributed by atoms with E-state index in [0.717, 1.165) is 49.3 Å². The Hall–Kier alpha value is -3.46. The first-order valence-electron chi connectivity index (χ1n) is 14.9. The van der Waals surface area contributed by atoms with E-state index in [1.54, 1.807) is 23.9 Å². The van der Waals surface area contributed by atoms with Crippen molar-refractivity contribution in [3.63, 3.8) is 0 Å². The summed E-state index contributed by atoms with van der Waals surface area (Å²) in [6.45, 7) is 2.87. The number of carbonyl (C=O) groups is 3. The number of amides is 2. The molecule has 0 radical (unpaired) electrons. The zero-order valence-corrected chi connectivity index (χ0v) is 25.6. The molecule has 2 amide bonds. The highest BCUT2D eigenvalue weighted by molar-refractivity contribution is 8.00. The molecule has 1 aliphatic carbocycles. The Kier molecular flexibility index (Phi) is 7.85. The van der Waals surface area contributed by atoms with Crippen molar-refractivity contribution >= 4 is 46.6 Å². The van der Waals surface area contributed by atoms with E-state index in [-0.39, 0.29) is 47.9 Å². The number of thioether (sulfide) groups is 1. The summed E-state index contributed by atoms with van der Waals surface area (Å²) in [5.74, 6) is -0.657. The van der Waals surface area contributed by atoms with Crippen LogP contribution in [0, 0.1) is 10.1 Å². The topological polar surface area (TPSA) is 134 Å². The molecule has 1 aromatic heterocycles. The van der Waals surface area contributed by atoms with Crippen molar-refractivity contribution in [2.75, 3.05) is 32.1 Å². The lowest BCUT2D eigenvalue weighted by atomic mass is 9.94. The molecule has 14 heteroatoms. The van der Waals surface area contributed by atoms with E-state index in [1.807, 2.05) is 17.5 Å². The number of hydrogen-bond donors (Lipinski definition) is 1. The van der Waals surface area contributed by atoms with Gasteiger partial charge in [-0.15, -0.1) is 23.1 Å². The number of non-ortho nitro benzene ring substituents is 1. The van der Waals surface area contributed by atoms with Crippen molar-refractivity contribution in [2.45, 2.75) is 61.8 Å². The number of carbonyl (C=O) groups excluding carboxylic acids is 3. The fourth-order valence-electron chi connectivity index (χ4n) is 7.15. The van der Waals surface area contributed by atoms with E-state index >= 15 is 0 Å². The molecule has 1 N–H and O–H groups in total. The highest BCUT2D eigenvalue weighted by Crippen LogP contribution is 2.58. The van der Waals surface area contributed by atoms with Gasteiger partial charge in [0.1, 0.15) is 23.7 Å². The summed E-state index contributed by atoms with van der Waals surface area (Å²) in [5.41, 5.74) is 1.40. The zero-order valence-electron chi connectivity index (χ0n) is 24.0. The van der Waals surface area contributed by atoms with Gasteiger partial charge in [0.2, 0.25) is 5.91 Å². The van der Waals surface area contributed by atoms with Crippen molar-refractivity contribution in [1.29, 1.82) is 0 Å². The minimum atomic E-state index is -0.726. The molecule has 2 aromatic rings. The number of hydrogen-bond acceptors (Lipinski definition) is 11. The maximum atomic E-state index is 13.9. The van der Waals surface area contributed by atoms with Crippen LogP contribution in [0.2, 0.25) is 0 Å². The van der Waals surface area contributed by atoms with Crippen LogP contribution >= 0.6 is 23.1 Å². The predicted octanol–water partition coefficient (Wildman–Crippen LogP) is 2.84. The number of fused-ring (bicyclic) bond motifs is 2. The molecule has 4 fully saturated rings. The molecule has 4 atom stereocenters. The third-order valence-corrected chi connectivity index (χ3v) is 11.3. The van der Waals surface area contributed by atoms with E-state index in [9.17, 15) is 24.5 Å². The normalized spacial score (nSPS) is 28.1. The van der Waals surface area contributed by atoms with Crippen LogP contribution in [0.4, 0.5) is 5.69 Å². The van der Waals surface area contributed by atoms with Gasteiger partial charge in [-0.2, -0.15) is 0 Å². The maximum Gasteiger partial charge on any atom is 0.357 e. The average Bonchev–Trinajstić information content (AvgIpc) is 3.46. The second kappa shape index (κ2) is 11.8. The molecule has 3 saturated heterocycles. The first-order chi connectivity index (χ1) is 21.4. The lowest BCUT2D eigenvalue weighted by molar-refractivity contribution is -0.384. The van der Waals surface area contributed by atoms with Crippen LogP contribution in [0.3, 0.4) is 0 Å². The lowest BCUT2D eigenvalue weighted by Gasteiger charge is -2.50. The summed E-state index contributed by atoms with van der Waals surface area (Å²) in [6, 6.07) is 9.15. The molecular weight excluding hydrogens is 606 g/mol. The zero-order chi connectivity index (χ0) is 30.4. The number of rotatable bonds is 9. The highest BCUT2D eigenvalue weighted by Gasteiger charge is 2.69. The number of morpholine rings is 1. The van der Waals surface area contributed by atoms with E-state index in [2.05, 4.69) is 15.1 Å². The first kappa shape index (κ1) is 29.3. The Morgan fingerprint density at radius 1 is 1.16 bits per heavy atom. The molecule has 44 heavy (non-hydrogen) atoms. The van der Waals surface area contributed by atoms with Gasteiger partial charge in [-0.25, -0.2) is 4.79 Å². The third kappa shape index (κ3) is 5.07. The van der Waals surface area contributed by atoms with Crippen LogP contribution in [-0.4, -0.2) is 92.6 Å². The number of nitro benzene ring substituents is 1. The summed E-state index contributed by atoms with van der Waals surface area (Å²) in [5, 5.41) is 15.4. The standard InChI is InChI=1S/C30H33N5O7S2/c36-24(16-21-4-3-15-43-21)31-25-27(37)33-26(29(38)42-17-19-6-8-20(9-7-19)35(39)40)22(18-44-28(25)33)34-23-5-1-2-10-30(23,34)32-11-13-41-14-12-32/h3-4,6-9,15,23,25,28H,1-2,5,10-14,16-18H2,(H,31,36)/t23?,25-,28+,30?,34?/m1/s1. The number of benzene rings is 1. The Labute approximate surface area is 262 Å². The predicted molar refractivity (Wildman–Crippen MR) is 162 cm³/mol. The smallest absolute Gasteiger partial charge is 0.357 e. The number of nitrogens with zero attached hydrogens (tertiary/aromatic N) is 4. The Morgan fingerprint density at radius 2 is 1.95 bits per heavy atom. The van der Waals surface area contributed by atoms with Gasteiger partial charge >= 0.3 is 5.97 Å². The number of likely N-dealkylation sites (tertiary alicyclic amines) is 1. The molecular formula is C30H33N5O7S2. The molecule has 12 nitrogen and oxygen atoms in total. The van der Waals surface area contributed by atoms with Crippen LogP contribution in [0.5, 0.6) is 0 Å². The maximum absolute atomic E-state index is 13.9. The quantitative estimate of drug-likeness (QED) is 0.144. The SMILES string of the molecule is O=C(Cc1cccs1)N[C@@H]1C(=O)N2C(C(=O)OCc3ccc([N+](=O)[O-])cc3)=C(N3C4CCCCC43N3CCOCC3)CS[C@@H]12. The fraction of sp³-hybridized carbons (Fsp3) is 0.500. The molecule has 7 rings (SSSR count). The van der Waals surface area contributed by atoms with Gasteiger partial charge in [0, 0.05) is 35.9 Å². The Morgan fingerprint density at radius 3 is 2.68 bits per heavy atom. The molecule has 2 unspecified atom stereocenters. The van der Waals surface area contributed by atoms with Crippen LogP contribution in [0.1, 0.15) is 36.1 Å². The lowest BCUT2D eigenvalue weighted by Crippen LogP contribution is -2.71. The molecule has 0 bridgehead atoms. The largest absolute Gasteiger partial charge is 0.456 e. The second-order valence-electron chi connectivity index (χ2n) is 11.6. The van der Waals surface area contributed by atoms with Crippen LogP contribution in [0.15, 0.2) is 53.2 Å². The van der Waals surface area contributed by atoms with Gasteiger partial charge in [0.25, 0.3) is 11.6 Å². The van der Waals surface area contributed by atoms with E-state index in [0.29, 0.717) is 24.5 Å². The molecule has 5 heterocycles. The second-order valence-corrected chi connectivity index (χ2v) is 13.8. The van der Waals surface area contributed by atoms with Crippen LogP contribution in [0.25, 0.3) is 0 Å². The van der Waals surface area contributed by atoms with Gasteiger partial charge in [-0.1, -0.05) is 12.5 Å². The number of β-lactam (4-membered cyclic amide) rings is 1. The van der Waals surface area contributed by atoms with Crippen molar-refractivity contribution < 1.29 is 28.8 Å². The minimum absolute atomic E-state index is 0.0480. The molecule has 5 aliphatic rings. The van der Waals surface area contributed by atoms with Gasteiger partial charge in [0.05, 0.1) is 36.3 Å². The molecule has 1 saturated carbocycles. The average molecular weight is 640 g/mol. The Bertz CT molecular complexity index is 1490. The summed E-state index contributed by atoms with van der Waals surface area (Å²) in [4.78, 5) is 58.2. The Balaban J connectivity index is 1.16. The molecule has 1 aromatic carbocycles. The van der Waals surface area contributed by atoms with Gasteiger partial charge in [-0.05, 0) is 48.4 Å². The number of ether oxygens (including phenoxy) is 2. The highest BCUT2D eigenvalue weighted by atomic mass is 32.2. The summed E-state index contributed by atoms with van der Waals surface area (Å²) in [6.07, 6.45) is 4.39. The minimum Gasteiger partial charge on any atom is -0.456 e. The molecule has 0 spiro atoms. The monoisotopic (exact) mass is 639 g/mol. The summed E-state index contributed by atoms with van der Waals surface area (Å²) in [7, 11) is 0. The van der Waals surface area contributed by atoms with E-state index in [4.69, 9.17) is 9.47 Å². The van der Waals surface area contributed by atoms with E-state index < -0.39 is 22.3 Å². The third-order valence-electron chi connectivity index (χ3n) is 9.21. The number of esters is 1. The number of nitrogens with one attached hydrogen (secondary N) is 1. The van der Waals surface area contributed by atoms with Crippen molar-refractivity contribution in [2.24, 2.45) is 0 Å². The van der Waals surface area contributed by atoms with Gasteiger partial charge in [-0.3, -0.25) is 29.5 Å². The first-order valence-corrected chi connectivity index (χ1v) is 16.8. The van der Waals surface area contributed by atoms with Crippen molar-refractivity contribution in [1.82, 2.24) is 20.0 Å². The van der Waals surface area contributed by atoms with Gasteiger partial charge < -0.3 is 19.7 Å². The van der Waals surface area contributed by atoms with Gasteiger partial charge in [0.15, 0.2) is 5.70 Å².